The predicted octanol–water partition coefficient (Wildman–Crippen LogP) is 6.89. The molecule has 2 amide bonds. The van der Waals surface area contributed by atoms with Crippen LogP contribution in [0.1, 0.15) is 56.4 Å². The van der Waals surface area contributed by atoms with Crippen LogP contribution in [0.2, 0.25) is 5.02 Å². The second kappa shape index (κ2) is 13.6. The summed E-state index contributed by atoms with van der Waals surface area (Å²) in [6.07, 6.45) is -4.69. The molecular formula is C32H37ClF3N3O4S. The Kier molecular flexibility index (Phi) is 10.8. The standard InChI is InChI=1S/C32H37ClF3N3O4S/c1-7-28(30(41)37-31(4,5)6)38(19-23-11-9-8-10-22(23)3)29(40)20-39(44(42,43)25-15-12-21(2)13-16-25)24-14-17-27(33)26(18-24)32(34,35)36/h8-18,28H,7,19-20H2,1-6H3,(H,37,41)/t28-/m1/s1. The molecule has 0 radical (unpaired) electrons. The number of nitrogens with zero attached hydrogens (tertiary/aromatic N) is 2. The summed E-state index contributed by atoms with van der Waals surface area (Å²) in [5.41, 5.74) is 0.0480. The largest absolute Gasteiger partial charge is 0.417 e. The maximum Gasteiger partial charge on any atom is 0.417 e. The van der Waals surface area contributed by atoms with E-state index >= 15 is 0 Å². The van der Waals surface area contributed by atoms with Gasteiger partial charge in [0.1, 0.15) is 12.6 Å². The number of carbonyl (C=O) groups is 2. The van der Waals surface area contributed by atoms with Crippen LogP contribution in [0.25, 0.3) is 0 Å². The second-order valence-electron chi connectivity index (χ2n) is 11.6. The van der Waals surface area contributed by atoms with Crippen molar-refractivity contribution in [2.75, 3.05) is 10.8 Å². The number of hydrogen-bond donors (Lipinski definition) is 1. The van der Waals surface area contributed by atoms with Gasteiger partial charge >= 0.3 is 6.18 Å². The molecule has 3 rings (SSSR count). The van der Waals surface area contributed by atoms with Gasteiger partial charge in [-0.2, -0.15) is 13.2 Å². The molecule has 0 spiro atoms. The number of aryl methyl sites for hydroxylation is 2. The fourth-order valence-corrected chi connectivity index (χ4v) is 6.23. The SMILES string of the molecule is CC[C@H](C(=O)NC(C)(C)C)N(Cc1ccccc1C)C(=O)CN(c1ccc(Cl)c(C(F)(F)F)c1)S(=O)(=O)c1ccc(C)cc1. The minimum Gasteiger partial charge on any atom is -0.350 e. The van der Waals surface area contributed by atoms with Gasteiger partial charge in [-0.15, -0.1) is 0 Å². The summed E-state index contributed by atoms with van der Waals surface area (Å²) in [6.45, 7) is 9.78. The van der Waals surface area contributed by atoms with Crippen molar-refractivity contribution in [2.45, 2.75) is 77.2 Å². The molecule has 44 heavy (non-hydrogen) atoms. The zero-order valence-electron chi connectivity index (χ0n) is 25.5. The Morgan fingerprint density at radius 3 is 2.11 bits per heavy atom. The van der Waals surface area contributed by atoms with E-state index in [9.17, 15) is 31.2 Å². The van der Waals surface area contributed by atoms with E-state index in [0.29, 0.717) is 10.4 Å². The number of halogens is 4. The average molecular weight is 652 g/mol. The van der Waals surface area contributed by atoms with E-state index in [0.717, 1.165) is 28.8 Å². The molecule has 238 valence electrons. The zero-order valence-corrected chi connectivity index (χ0v) is 27.1. The normalized spacial score (nSPS) is 12.9. The molecule has 0 aromatic heterocycles. The van der Waals surface area contributed by atoms with E-state index in [2.05, 4.69) is 5.32 Å². The molecule has 0 aliphatic rings. The van der Waals surface area contributed by atoms with Crippen molar-refractivity contribution in [3.8, 4) is 0 Å². The number of benzene rings is 3. The van der Waals surface area contributed by atoms with Crippen molar-refractivity contribution in [1.29, 1.82) is 0 Å². The van der Waals surface area contributed by atoms with E-state index in [1.807, 2.05) is 19.1 Å². The summed E-state index contributed by atoms with van der Waals surface area (Å²) in [7, 11) is -4.56. The summed E-state index contributed by atoms with van der Waals surface area (Å²) >= 11 is 5.84. The van der Waals surface area contributed by atoms with Crippen LogP contribution in [-0.2, 0) is 32.3 Å². The van der Waals surface area contributed by atoms with Crippen LogP contribution in [0.15, 0.2) is 71.6 Å². The number of alkyl halides is 3. The third-order valence-electron chi connectivity index (χ3n) is 6.92. The molecule has 12 heteroatoms. The van der Waals surface area contributed by atoms with Gasteiger partial charge in [0.05, 0.1) is 21.2 Å². The molecule has 0 fully saturated rings. The molecule has 3 aromatic rings. The Morgan fingerprint density at radius 2 is 1.57 bits per heavy atom. The smallest absolute Gasteiger partial charge is 0.350 e. The maximum absolute atomic E-state index is 14.2. The monoisotopic (exact) mass is 651 g/mol. The van der Waals surface area contributed by atoms with Crippen molar-refractivity contribution in [3.05, 3.63) is 94.0 Å². The van der Waals surface area contributed by atoms with E-state index in [1.165, 1.54) is 17.0 Å². The minimum absolute atomic E-state index is 0.0333. The lowest BCUT2D eigenvalue weighted by Crippen LogP contribution is -2.55. The number of rotatable bonds is 10. The van der Waals surface area contributed by atoms with Gasteiger partial charge in [-0.3, -0.25) is 13.9 Å². The molecule has 0 unspecified atom stereocenters. The van der Waals surface area contributed by atoms with Gasteiger partial charge in [-0.1, -0.05) is 60.5 Å². The van der Waals surface area contributed by atoms with Crippen LogP contribution < -0.4 is 9.62 Å². The molecule has 3 aromatic carbocycles. The van der Waals surface area contributed by atoms with Gasteiger partial charge < -0.3 is 10.2 Å². The quantitative estimate of drug-likeness (QED) is 0.259. The summed E-state index contributed by atoms with van der Waals surface area (Å²) in [6, 6.07) is 14.6. The highest BCUT2D eigenvalue weighted by molar-refractivity contribution is 7.92. The van der Waals surface area contributed by atoms with Crippen molar-refractivity contribution in [1.82, 2.24) is 10.2 Å². The van der Waals surface area contributed by atoms with Crippen molar-refractivity contribution >= 4 is 39.1 Å². The molecule has 0 aliphatic carbocycles. The Labute approximate surface area is 262 Å². The Morgan fingerprint density at radius 1 is 0.955 bits per heavy atom. The first-order valence-electron chi connectivity index (χ1n) is 14.0. The molecule has 0 saturated heterocycles. The van der Waals surface area contributed by atoms with Crippen LogP contribution in [-0.4, -0.2) is 43.3 Å². The van der Waals surface area contributed by atoms with Gasteiger partial charge in [0.25, 0.3) is 10.0 Å². The van der Waals surface area contributed by atoms with Crippen LogP contribution >= 0.6 is 11.6 Å². The summed E-state index contributed by atoms with van der Waals surface area (Å²) < 4.78 is 70.1. The van der Waals surface area contributed by atoms with Crippen LogP contribution in [0.5, 0.6) is 0 Å². The Hall–Kier alpha value is -3.57. The predicted molar refractivity (Wildman–Crippen MR) is 166 cm³/mol. The van der Waals surface area contributed by atoms with E-state index in [1.54, 1.807) is 58.9 Å². The zero-order chi connectivity index (χ0) is 33.0. The van der Waals surface area contributed by atoms with E-state index < -0.39 is 62.4 Å². The van der Waals surface area contributed by atoms with Crippen LogP contribution in [0.3, 0.4) is 0 Å². The van der Waals surface area contributed by atoms with Gasteiger partial charge in [-0.05, 0) is 82.5 Å². The third kappa shape index (κ3) is 8.53. The topological polar surface area (TPSA) is 86.8 Å². The molecule has 0 aliphatic heterocycles. The van der Waals surface area contributed by atoms with Gasteiger partial charge in [0, 0.05) is 12.1 Å². The number of sulfonamides is 1. The highest BCUT2D eigenvalue weighted by atomic mass is 35.5. The summed E-state index contributed by atoms with van der Waals surface area (Å²) in [4.78, 5) is 28.7. The Balaban J connectivity index is 2.18. The molecule has 1 atom stereocenters. The molecule has 0 bridgehead atoms. The first-order chi connectivity index (χ1) is 20.3. The van der Waals surface area contributed by atoms with Crippen LogP contribution in [0.4, 0.5) is 18.9 Å². The minimum atomic E-state index is -4.88. The van der Waals surface area contributed by atoms with Gasteiger partial charge in [0.15, 0.2) is 0 Å². The lowest BCUT2D eigenvalue weighted by atomic mass is 10.0. The van der Waals surface area contributed by atoms with Gasteiger partial charge in [-0.25, -0.2) is 8.42 Å². The lowest BCUT2D eigenvalue weighted by molar-refractivity contribution is -0.141. The summed E-state index contributed by atoms with van der Waals surface area (Å²) in [5, 5.41) is 2.26. The van der Waals surface area contributed by atoms with Crippen molar-refractivity contribution in [3.63, 3.8) is 0 Å². The van der Waals surface area contributed by atoms with E-state index in [4.69, 9.17) is 11.6 Å². The third-order valence-corrected chi connectivity index (χ3v) is 9.03. The first kappa shape index (κ1) is 34.9. The van der Waals surface area contributed by atoms with Crippen molar-refractivity contribution < 1.29 is 31.2 Å². The molecule has 0 heterocycles. The molecule has 1 N–H and O–H groups in total. The van der Waals surface area contributed by atoms with E-state index in [-0.39, 0.29) is 17.9 Å². The fourth-order valence-electron chi connectivity index (χ4n) is 4.60. The van der Waals surface area contributed by atoms with Crippen molar-refractivity contribution in [2.24, 2.45) is 0 Å². The fraction of sp³-hybridized carbons (Fsp3) is 0.375. The number of carbonyl (C=O) groups excluding carboxylic acids is 2. The molecule has 0 saturated carbocycles. The highest BCUT2D eigenvalue weighted by Crippen LogP contribution is 2.38. The summed E-state index contributed by atoms with van der Waals surface area (Å²) in [5.74, 6) is -1.22. The first-order valence-corrected chi connectivity index (χ1v) is 15.8. The number of hydrogen-bond acceptors (Lipinski definition) is 4. The highest BCUT2D eigenvalue weighted by Gasteiger charge is 2.37. The number of nitrogens with one attached hydrogen (secondary N) is 1. The Bertz CT molecular complexity index is 1600. The van der Waals surface area contributed by atoms with Crippen LogP contribution in [0, 0.1) is 13.8 Å². The number of anilines is 1. The molecular weight excluding hydrogens is 615 g/mol. The second-order valence-corrected chi connectivity index (χ2v) is 13.9. The lowest BCUT2D eigenvalue weighted by Gasteiger charge is -2.35. The maximum atomic E-state index is 14.2. The average Bonchev–Trinajstić information content (AvgIpc) is 2.91. The number of amides is 2. The van der Waals surface area contributed by atoms with Gasteiger partial charge in [0.2, 0.25) is 11.8 Å². The molecule has 7 nitrogen and oxygen atoms in total.